The van der Waals surface area contributed by atoms with E-state index in [1.54, 1.807) is 0 Å². The fraction of sp³-hybridized carbons (Fsp3) is 0.500. The van der Waals surface area contributed by atoms with Crippen LogP contribution in [0.25, 0.3) is 0 Å². The molecule has 1 nitrogen and oxygen atoms in total. The molecule has 1 aromatic carbocycles. The summed E-state index contributed by atoms with van der Waals surface area (Å²) in [6.45, 7) is 4.76. The van der Waals surface area contributed by atoms with E-state index < -0.39 is 0 Å². The SMILES string of the molecule is CC1CCN(c2cccc(Br)c2)CC1. The Morgan fingerprint density at radius 2 is 2.00 bits per heavy atom. The predicted octanol–water partition coefficient (Wildman–Crippen LogP) is 3.69. The highest BCUT2D eigenvalue weighted by Crippen LogP contribution is 2.25. The van der Waals surface area contributed by atoms with E-state index in [9.17, 15) is 0 Å². The lowest BCUT2D eigenvalue weighted by atomic mass is 9.99. The Morgan fingerprint density at radius 1 is 1.29 bits per heavy atom. The quantitative estimate of drug-likeness (QED) is 0.738. The number of rotatable bonds is 1. The van der Waals surface area contributed by atoms with Crippen molar-refractivity contribution in [1.82, 2.24) is 0 Å². The van der Waals surface area contributed by atoms with Crippen LogP contribution in [0.4, 0.5) is 5.69 Å². The van der Waals surface area contributed by atoms with Crippen LogP contribution in [0.5, 0.6) is 0 Å². The van der Waals surface area contributed by atoms with Gasteiger partial charge < -0.3 is 4.90 Å². The van der Waals surface area contributed by atoms with Crippen LogP contribution in [0.15, 0.2) is 28.7 Å². The standard InChI is InChI=1S/C12H16BrN/c1-10-5-7-14(8-6-10)12-4-2-3-11(13)9-12/h2-4,9-10H,5-8H2,1H3. The zero-order valence-corrected chi connectivity index (χ0v) is 10.1. The number of nitrogens with zero attached hydrogens (tertiary/aromatic N) is 1. The van der Waals surface area contributed by atoms with Crippen molar-refractivity contribution in [2.75, 3.05) is 18.0 Å². The van der Waals surface area contributed by atoms with E-state index in [1.165, 1.54) is 36.1 Å². The van der Waals surface area contributed by atoms with Crippen LogP contribution in [-0.4, -0.2) is 13.1 Å². The third-order valence-electron chi connectivity index (χ3n) is 2.96. The molecule has 0 saturated carbocycles. The van der Waals surface area contributed by atoms with Crippen molar-refractivity contribution in [2.24, 2.45) is 5.92 Å². The second-order valence-electron chi connectivity index (χ2n) is 4.15. The van der Waals surface area contributed by atoms with E-state index >= 15 is 0 Å². The Bertz CT molecular complexity index is 303. The minimum absolute atomic E-state index is 0.901. The molecule has 0 N–H and O–H groups in total. The summed E-state index contributed by atoms with van der Waals surface area (Å²) < 4.78 is 1.17. The first-order valence-corrected chi connectivity index (χ1v) is 6.05. The Balaban J connectivity index is 2.08. The minimum atomic E-state index is 0.901. The molecule has 1 aliphatic rings. The summed E-state index contributed by atoms with van der Waals surface area (Å²) in [6, 6.07) is 8.59. The molecular weight excluding hydrogens is 238 g/mol. The van der Waals surface area contributed by atoms with Crippen LogP contribution in [0.3, 0.4) is 0 Å². The van der Waals surface area contributed by atoms with E-state index in [1.807, 2.05) is 0 Å². The molecule has 0 unspecified atom stereocenters. The summed E-state index contributed by atoms with van der Waals surface area (Å²) in [4.78, 5) is 2.48. The van der Waals surface area contributed by atoms with Gasteiger partial charge in [-0.3, -0.25) is 0 Å². The zero-order chi connectivity index (χ0) is 9.97. The Hall–Kier alpha value is -0.500. The normalized spacial score (nSPS) is 18.6. The molecule has 0 spiro atoms. The molecule has 0 amide bonds. The van der Waals surface area contributed by atoms with Crippen molar-refractivity contribution in [2.45, 2.75) is 19.8 Å². The van der Waals surface area contributed by atoms with E-state index in [0.717, 1.165) is 5.92 Å². The van der Waals surface area contributed by atoms with Crippen molar-refractivity contribution in [3.8, 4) is 0 Å². The minimum Gasteiger partial charge on any atom is -0.371 e. The summed E-state index contributed by atoms with van der Waals surface area (Å²) in [6.07, 6.45) is 2.65. The molecule has 2 heteroatoms. The largest absolute Gasteiger partial charge is 0.371 e. The monoisotopic (exact) mass is 253 g/mol. The van der Waals surface area contributed by atoms with Gasteiger partial charge in [-0.05, 0) is 37.0 Å². The average molecular weight is 254 g/mol. The third kappa shape index (κ3) is 2.30. The molecule has 1 aromatic rings. The molecule has 14 heavy (non-hydrogen) atoms. The third-order valence-corrected chi connectivity index (χ3v) is 3.45. The highest BCUT2D eigenvalue weighted by atomic mass is 79.9. The Kier molecular flexibility index (Phi) is 3.12. The van der Waals surface area contributed by atoms with Gasteiger partial charge in [-0.2, -0.15) is 0 Å². The maximum atomic E-state index is 3.51. The first-order valence-electron chi connectivity index (χ1n) is 5.26. The molecule has 2 rings (SSSR count). The van der Waals surface area contributed by atoms with Crippen LogP contribution < -0.4 is 4.90 Å². The second kappa shape index (κ2) is 4.35. The fourth-order valence-corrected chi connectivity index (χ4v) is 2.33. The van der Waals surface area contributed by atoms with Gasteiger partial charge in [-0.25, -0.2) is 0 Å². The van der Waals surface area contributed by atoms with Crippen molar-refractivity contribution in [1.29, 1.82) is 0 Å². The molecule has 0 aromatic heterocycles. The number of benzene rings is 1. The summed E-state index contributed by atoms with van der Waals surface area (Å²) in [5, 5.41) is 0. The smallest absolute Gasteiger partial charge is 0.0377 e. The summed E-state index contributed by atoms with van der Waals surface area (Å²) in [5.41, 5.74) is 1.35. The summed E-state index contributed by atoms with van der Waals surface area (Å²) >= 11 is 3.51. The van der Waals surface area contributed by atoms with Gasteiger partial charge in [-0.1, -0.05) is 28.9 Å². The second-order valence-corrected chi connectivity index (χ2v) is 5.07. The molecule has 1 fully saturated rings. The van der Waals surface area contributed by atoms with Gasteiger partial charge in [0.25, 0.3) is 0 Å². The lowest BCUT2D eigenvalue weighted by molar-refractivity contribution is 0.438. The number of hydrogen-bond donors (Lipinski definition) is 0. The van der Waals surface area contributed by atoms with Crippen molar-refractivity contribution < 1.29 is 0 Å². The molecule has 1 saturated heterocycles. The van der Waals surface area contributed by atoms with Crippen LogP contribution in [0.1, 0.15) is 19.8 Å². The number of piperidine rings is 1. The fourth-order valence-electron chi connectivity index (χ4n) is 1.94. The average Bonchev–Trinajstić information content (AvgIpc) is 2.19. The van der Waals surface area contributed by atoms with Crippen molar-refractivity contribution in [3.05, 3.63) is 28.7 Å². The molecule has 76 valence electrons. The van der Waals surface area contributed by atoms with Crippen molar-refractivity contribution in [3.63, 3.8) is 0 Å². The maximum Gasteiger partial charge on any atom is 0.0377 e. The predicted molar refractivity (Wildman–Crippen MR) is 64.8 cm³/mol. The maximum absolute atomic E-state index is 3.51. The van der Waals surface area contributed by atoms with E-state index in [-0.39, 0.29) is 0 Å². The molecule has 1 aliphatic heterocycles. The lowest BCUT2D eigenvalue weighted by Gasteiger charge is -2.32. The lowest BCUT2D eigenvalue weighted by Crippen LogP contribution is -2.32. The van der Waals surface area contributed by atoms with E-state index in [4.69, 9.17) is 0 Å². The molecule has 0 atom stereocenters. The van der Waals surface area contributed by atoms with Gasteiger partial charge in [0.2, 0.25) is 0 Å². The van der Waals surface area contributed by atoms with Gasteiger partial charge >= 0.3 is 0 Å². The summed E-state index contributed by atoms with van der Waals surface area (Å²) in [7, 11) is 0. The molecule has 1 heterocycles. The molecule has 0 bridgehead atoms. The Labute approximate surface area is 94.2 Å². The van der Waals surface area contributed by atoms with Crippen LogP contribution in [0, 0.1) is 5.92 Å². The van der Waals surface area contributed by atoms with E-state index in [2.05, 4.69) is 52.0 Å². The van der Waals surface area contributed by atoms with Crippen LogP contribution in [-0.2, 0) is 0 Å². The molecule has 0 radical (unpaired) electrons. The highest BCUT2D eigenvalue weighted by Gasteiger charge is 2.15. The number of anilines is 1. The van der Waals surface area contributed by atoms with Gasteiger partial charge in [0.1, 0.15) is 0 Å². The van der Waals surface area contributed by atoms with Crippen LogP contribution in [0.2, 0.25) is 0 Å². The highest BCUT2D eigenvalue weighted by molar-refractivity contribution is 9.10. The van der Waals surface area contributed by atoms with Crippen molar-refractivity contribution >= 4 is 21.6 Å². The zero-order valence-electron chi connectivity index (χ0n) is 8.54. The van der Waals surface area contributed by atoms with Gasteiger partial charge in [0.15, 0.2) is 0 Å². The Morgan fingerprint density at radius 3 is 2.64 bits per heavy atom. The topological polar surface area (TPSA) is 3.24 Å². The van der Waals surface area contributed by atoms with E-state index in [0.29, 0.717) is 0 Å². The van der Waals surface area contributed by atoms with Gasteiger partial charge in [0.05, 0.1) is 0 Å². The van der Waals surface area contributed by atoms with Gasteiger partial charge in [-0.15, -0.1) is 0 Å². The summed E-state index contributed by atoms with van der Waals surface area (Å²) in [5.74, 6) is 0.901. The van der Waals surface area contributed by atoms with Crippen LogP contribution >= 0.6 is 15.9 Å². The number of hydrogen-bond acceptors (Lipinski definition) is 1. The first-order chi connectivity index (χ1) is 6.75. The molecular formula is C12H16BrN. The van der Waals surface area contributed by atoms with Gasteiger partial charge in [0, 0.05) is 23.2 Å². The number of halogens is 1. The first kappa shape index (κ1) is 10.0. The molecule has 0 aliphatic carbocycles.